The molecule has 1 aliphatic carbocycles. The molecule has 1 unspecified atom stereocenters. The van der Waals surface area contributed by atoms with E-state index in [-0.39, 0.29) is 6.10 Å². The molecule has 3 nitrogen and oxygen atoms in total. The number of hydrogen-bond acceptors (Lipinski definition) is 3. The van der Waals surface area contributed by atoms with Crippen molar-refractivity contribution in [1.29, 1.82) is 0 Å². The summed E-state index contributed by atoms with van der Waals surface area (Å²) in [6, 6.07) is 0. The number of carbonyl (C=O) groups excluding carboxylic acids is 1. The molecule has 0 aromatic rings. The highest BCUT2D eigenvalue weighted by atomic mass is 16.5. The van der Waals surface area contributed by atoms with Gasteiger partial charge in [0.2, 0.25) is 0 Å². The largest absolute Gasteiger partial charge is 0.368 e. The number of likely N-dealkylation sites (N-methyl/N-ethyl adjacent to an activating group) is 1. The second kappa shape index (κ2) is 4.41. The fourth-order valence-electron chi connectivity index (χ4n) is 2.42. The number of nitrogens with zero attached hydrogens (tertiary/aromatic N) is 1. The van der Waals surface area contributed by atoms with Gasteiger partial charge in [0.1, 0.15) is 6.10 Å². The maximum atomic E-state index is 12.0. The summed E-state index contributed by atoms with van der Waals surface area (Å²) in [7, 11) is 2.05. The van der Waals surface area contributed by atoms with Gasteiger partial charge in [0.05, 0.1) is 6.61 Å². The Hall–Kier alpha value is -0.410. The molecule has 3 heteroatoms. The predicted molar refractivity (Wildman–Crippen MR) is 54.2 cm³/mol. The van der Waals surface area contributed by atoms with Crippen LogP contribution in [0.3, 0.4) is 0 Å². The molecule has 2 fully saturated rings. The molecule has 14 heavy (non-hydrogen) atoms. The van der Waals surface area contributed by atoms with Gasteiger partial charge in [0.25, 0.3) is 0 Å². The molecule has 1 atom stereocenters. The summed E-state index contributed by atoms with van der Waals surface area (Å²) < 4.78 is 5.53. The zero-order valence-electron chi connectivity index (χ0n) is 8.87. The first-order chi connectivity index (χ1) is 6.77. The van der Waals surface area contributed by atoms with Crippen LogP contribution in [0.5, 0.6) is 0 Å². The van der Waals surface area contributed by atoms with Crippen molar-refractivity contribution in [3.63, 3.8) is 0 Å². The zero-order chi connectivity index (χ0) is 9.97. The molecule has 80 valence electrons. The van der Waals surface area contributed by atoms with Crippen molar-refractivity contribution in [2.45, 2.75) is 31.8 Å². The van der Waals surface area contributed by atoms with Crippen LogP contribution in [0.4, 0.5) is 0 Å². The Morgan fingerprint density at radius 2 is 2.07 bits per heavy atom. The lowest BCUT2D eigenvalue weighted by Crippen LogP contribution is -2.45. The van der Waals surface area contributed by atoms with E-state index in [2.05, 4.69) is 11.9 Å². The van der Waals surface area contributed by atoms with Crippen LogP contribution in [-0.4, -0.2) is 43.5 Å². The van der Waals surface area contributed by atoms with E-state index in [1.54, 1.807) is 0 Å². The van der Waals surface area contributed by atoms with Gasteiger partial charge in [0.15, 0.2) is 5.78 Å². The SMILES string of the molecule is CN1CCOC(C(=O)C2CCCC2)C1. The topological polar surface area (TPSA) is 29.5 Å². The molecule has 0 amide bonds. The molecule has 1 saturated carbocycles. The van der Waals surface area contributed by atoms with E-state index >= 15 is 0 Å². The molecular formula is C11H19NO2. The summed E-state index contributed by atoms with van der Waals surface area (Å²) in [6.07, 6.45) is 4.47. The van der Waals surface area contributed by atoms with Crippen molar-refractivity contribution in [2.24, 2.45) is 5.92 Å². The maximum absolute atomic E-state index is 12.0. The van der Waals surface area contributed by atoms with Crippen LogP contribution in [0.2, 0.25) is 0 Å². The average Bonchev–Trinajstić information content (AvgIpc) is 2.69. The summed E-state index contributed by atoms with van der Waals surface area (Å²) >= 11 is 0. The summed E-state index contributed by atoms with van der Waals surface area (Å²) in [5, 5.41) is 0. The fraction of sp³-hybridized carbons (Fsp3) is 0.909. The lowest BCUT2D eigenvalue weighted by atomic mass is 9.97. The first-order valence-electron chi connectivity index (χ1n) is 5.61. The Kier molecular flexibility index (Phi) is 3.19. The van der Waals surface area contributed by atoms with E-state index < -0.39 is 0 Å². The van der Waals surface area contributed by atoms with Crippen LogP contribution in [0, 0.1) is 5.92 Å². The maximum Gasteiger partial charge on any atom is 0.165 e. The van der Waals surface area contributed by atoms with Gasteiger partial charge in [-0.05, 0) is 19.9 Å². The minimum atomic E-state index is -0.142. The highest BCUT2D eigenvalue weighted by Crippen LogP contribution is 2.27. The minimum absolute atomic E-state index is 0.142. The Labute approximate surface area is 85.4 Å². The molecule has 0 aromatic carbocycles. The lowest BCUT2D eigenvalue weighted by Gasteiger charge is -2.30. The molecule has 1 saturated heterocycles. The first-order valence-corrected chi connectivity index (χ1v) is 5.61. The van der Waals surface area contributed by atoms with Gasteiger partial charge in [-0.1, -0.05) is 12.8 Å². The summed E-state index contributed by atoms with van der Waals surface area (Å²) in [5.41, 5.74) is 0. The van der Waals surface area contributed by atoms with Crippen molar-refractivity contribution in [1.82, 2.24) is 4.90 Å². The third-order valence-electron chi connectivity index (χ3n) is 3.34. The number of Topliss-reactive ketones (excluding diaryl/α,β-unsaturated/α-hetero) is 1. The number of hydrogen-bond donors (Lipinski definition) is 0. The predicted octanol–water partition coefficient (Wildman–Crippen LogP) is 1.08. The van der Waals surface area contributed by atoms with Crippen molar-refractivity contribution in [3.8, 4) is 0 Å². The Bertz CT molecular complexity index is 211. The number of ketones is 1. The molecular weight excluding hydrogens is 178 g/mol. The van der Waals surface area contributed by atoms with Crippen LogP contribution in [0.15, 0.2) is 0 Å². The summed E-state index contributed by atoms with van der Waals surface area (Å²) in [6.45, 7) is 2.45. The average molecular weight is 197 g/mol. The second-order valence-electron chi connectivity index (χ2n) is 4.51. The van der Waals surface area contributed by atoms with Crippen LogP contribution < -0.4 is 0 Å². The van der Waals surface area contributed by atoms with E-state index in [1.807, 2.05) is 0 Å². The van der Waals surface area contributed by atoms with Gasteiger partial charge in [-0.3, -0.25) is 4.79 Å². The van der Waals surface area contributed by atoms with Gasteiger partial charge in [0, 0.05) is 19.0 Å². The third-order valence-corrected chi connectivity index (χ3v) is 3.34. The van der Waals surface area contributed by atoms with E-state index in [1.165, 1.54) is 12.8 Å². The normalized spacial score (nSPS) is 30.8. The van der Waals surface area contributed by atoms with Gasteiger partial charge in [-0.25, -0.2) is 0 Å². The molecule has 1 aliphatic heterocycles. The third kappa shape index (κ3) is 2.15. The standard InChI is InChI=1S/C11H19NO2/c1-12-6-7-14-10(8-12)11(13)9-4-2-3-5-9/h9-10H,2-8H2,1H3. The number of rotatable bonds is 2. The zero-order valence-corrected chi connectivity index (χ0v) is 8.87. The van der Waals surface area contributed by atoms with Crippen LogP contribution in [-0.2, 0) is 9.53 Å². The molecule has 0 aromatic heterocycles. The molecule has 0 bridgehead atoms. The first kappa shape index (κ1) is 10.1. The van der Waals surface area contributed by atoms with Crippen molar-refractivity contribution < 1.29 is 9.53 Å². The lowest BCUT2D eigenvalue weighted by molar-refractivity contribution is -0.139. The van der Waals surface area contributed by atoms with E-state index in [0.717, 1.165) is 25.9 Å². The molecule has 0 radical (unpaired) electrons. The Morgan fingerprint density at radius 3 is 2.71 bits per heavy atom. The van der Waals surface area contributed by atoms with Crippen LogP contribution in [0.1, 0.15) is 25.7 Å². The minimum Gasteiger partial charge on any atom is -0.368 e. The number of ether oxygens (including phenoxy) is 1. The van der Waals surface area contributed by atoms with E-state index in [0.29, 0.717) is 18.3 Å². The van der Waals surface area contributed by atoms with Gasteiger partial charge < -0.3 is 9.64 Å². The van der Waals surface area contributed by atoms with Crippen molar-refractivity contribution in [2.75, 3.05) is 26.7 Å². The van der Waals surface area contributed by atoms with Crippen LogP contribution in [0.25, 0.3) is 0 Å². The molecule has 0 N–H and O–H groups in total. The second-order valence-corrected chi connectivity index (χ2v) is 4.51. The monoisotopic (exact) mass is 197 g/mol. The van der Waals surface area contributed by atoms with Crippen LogP contribution >= 0.6 is 0 Å². The highest BCUT2D eigenvalue weighted by Gasteiger charge is 2.32. The molecule has 1 heterocycles. The van der Waals surface area contributed by atoms with E-state index in [9.17, 15) is 4.79 Å². The molecule has 2 rings (SSSR count). The van der Waals surface area contributed by atoms with Crippen molar-refractivity contribution in [3.05, 3.63) is 0 Å². The highest BCUT2D eigenvalue weighted by molar-refractivity contribution is 5.86. The summed E-state index contributed by atoms with van der Waals surface area (Å²) in [5.74, 6) is 0.653. The van der Waals surface area contributed by atoms with Gasteiger partial charge in [-0.2, -0.15) is 0 Å². The summed E-state index contributed by atoms with van der Waals surface area (Å²) in [4.78, 5) is 14.2. The van der Waals surface area contributed by atoms with Gasteiger partial charge in [-0.15, -0.1) is 0 Å². The smallest absolute Gasteiger partial charge is 0.165 e. The Morgan fingerprint density at radius 1 is 1.36 bits per heavy atom. The quantitative estimate of drug-likeness (QED) is 0.663. The molecule has 0 spiro atoms. The molecule has 2 aliphatic rings. The van der Waals surface area contributed by atoms with E-state index in [4.69, 9.17) is 4.74 Å². The fourth-order valence-corrected chi connectivity index (χ4v) is 2.42. The number of morpholine rings is 1. The Balaban J connectivity index is 1.89. The van der Waals surface area contributed by atoms with Crippen molar-refractivity contribution >= 4 is 5.78 Å². The number of carbonyl (C=O) groups is 1. The van der Waals surface area contributed by atoms with Gasteiger partial charge >= 0.3 is 0 Å².